The Morgan fingerprint density at radius 2 is 1.82 bits per heavy atom. The first-order valence-corrected chi connectivity index (χ1v) is 7.96. The Hall–Kier alpha value is -2.17. The second-order valence-electron chi connectivity index (χ2n) is 4.43. The Labute approximate surface area is 128 Å². The van der Waals surface area contributed by atoms with E-state index in [9.17, 15) is 8.42 Å². The molecule has 0 unspecified atom stereocenters. The lowest BCUT2D eigenvalue weighted by molar-refractivity contribution is 0.0731. The van der Waals surface area contributed by atoms with Gasteiger partial charge in [-0.1, -0.05) is 18.2 Å². The third kappa shape index (κ3) is 4.69. The molecule has 0 saturated carbocycles. The van der Waals surface area contributed by atoms with Gasteiger partial charge in [-0.2, -0.15) is 17.7 Å². The second kappa shape index (κ2) is 7.20. The lowest BCUT2D eigenvalue weighted by atomic mass is 10.3. The van der Waals surface area contributed by atoms with E-state index in [4.69, 9.17) is 16.2 Å². The van der Waals surface area contributed by atoms with Crippen LogP contribution >= 0.6 is 0 Å². The topological polar surface area (TPSA) is 135 Å². The molecule has 1 aromatic carbocycles. The number of nitrogens with zero attached hydrogens (tertiary/aromatic N) is 3. The number of para-hydroxylation sites is 1. The molecule has 1 aliphatic rings. The lowest BCUT2D eigenvalue weighted by Gasteiger charge is -2.23. The molecule has 1 heterocycles. The molecule has 0 spiro atoms. The van der Waals surface area contributed by atoms with E-state index in [1.54, 1.807) is 12.1 Å². The number of hydrogen-bond donors (Lipinski definition) is 3. The zero-order chi connectivity index (χ0) is 16.0. The molecule has 2 rings (SSSR count). The number of nitrogens with one attached hydrogen (secondary N) is 1. The minimum atomic E-state index is -3.88. The van der Waals surface area contributed by atoms with Crippen molar-refractivity contribution in [2.45, 2.75) is 0 Å². The molecule has 1 fully saturated rings. The third-order valence-electron chi connectivity index (χ3n) is 2.79. The fourth-order valence-electron chi connectivity index (χ4n) is 1.79. The summed E-state index contributed by atoms with van der Waals surface area (Å²) in [5, 5.41) is 2.78. The number of guanidine groups is 2. The first-order chi connectivity index (χ1) is 10.5. The first kappa shape index (κ1) is 16.2. The fourth-order valence-corrected chi connectivity index (χ4v) is 2.80. The Morgan fingerprint density at radius 3 is 2.45 bits per heavy atom. The summed E-state index contributed by atoms with van der Waals surface area (Å²) in [4.78, 5) is 3.73. The number of aliphatic imine (C=N–C) groups is 1. The maximum absolute atomic E-state index is 12.0. The summed E-state index contributed by atoms with van der Waals surface area (Å²) in [6.45, 7) is 1.13. The van der Waals surface area contributed by atoms with Gasteiger partial charge in [-0.25, -0.2) is 0 Å². The van der Waals surface area contributed by atoms with Crippen molar-refractivity contribution in [2.75, 3.05) is 31.6 Å². The number of morpholine rings is 1. The molecule has 1 saturated heterocycles. The van der Waals surface area contributed by atoms with Gasteiger partial charge >= 0.3 is 10.2 Å². The van der Waals surface area contributed by atoms with Gasteiger partial charge in [0.05, 0.1) is 13.2 Å². The molecule has 9 nitrogen and oxygen atoms in total. The van der Waals surface area contributed by atoms with Crippen LogP contribution in [-0.2, 0) is 14.9 Å². The number of nitrogens with two attached hydrogens (primary N) is 2. The predicted octanol–water partition coefficient (Wildman–Crippen LogP) is -0.695. The van der Waals surface area contributed by atoms with Gasteiger partial charge in [-0.05, 0) is 12.1 Å². The predicted molar refractivity (Wildman–Crippen MR) is 84.6 cm³/mol. The molecule has 10 heteroatoms. The average Bonchev–Trinajstić information content (AvgIpc) is 2.48. The summed E-state index contributed by atoms with van der Waals surface area (Å²) in [6.07, 6.45) is 0. The SMILES string of the molecule is NC(=N\S(=O)(=O)N1CCOCC1)/N=C(\N)Nc1ccccc1. The van der Waals surface area contributed by atoms with Gasteiger partial charge in [0.25, 0.3) is 0 Å². The minimum Gasteiger partial charge on any atom is -0.379 e. The molecule has 0 bridgehead atoms. The fraction of sp³-hybridized carbons (Fsp3) is 0.333. The maximum Gasteiger partial charge on any atom is 0.325 e. The van der Waals surface area contributed by atoms with Gasteiger partial charge < -0.3 is 21.5 Å². The van der Waals surface area contributed by atoms with Gasteiger partial charge in [0.15, 0.2) is 0 Å². The molecule has 0 amide bonds. The van der Waals surface area contributed by atoms with E-state index < -0.39 is 16.2 Å². The zero-order valence-corrected chi connectivity index (χ0v) is 12.7. The van der Waals surface area contributed by atoms with Crippen molar-refractivity contribution in [3.05, 3.63) is 30.3 Å². The van der Waals surface area contributed by atoms with E-state index in [0.717, 1.165) is 0 Å². The molecular formula is C12H18N6O3S. The molecule has 5 N–H and O–H groups in total. The second-order valence-corrected chi connectivity index (χ2v) is 6.02. The van der Waals surface area contributed by atoms with Gasteiger partial charge in [-0.15, -0.1) is 4.40 Å². The summed E-state index contributed by atoms with van der Waals surface area (Å²) in [5.74, 6) is -0.489. The third-order valence-corrected chi connectivity index (χ3v) is 4.22. The van der Waals surface area contributed by atoms with E-state index in [0.29, 0.717) is 18.9 Å². The van der Waals surface area contributed by atoms with Crippen molar-refractivity contribution in [2.24, 2.45) is 20.9 Å². The molecule has 1 aromatic rings. The number of hydrogen-bond acceptors (Lipinski definition) is 3. The van der Waals surface area contributed by atoms with Crippen molar-refractivity contribution in [1.29, 1.82) is 0 Å². The van der Waals surface area contributed by atoms with E-state index in [1.165, 1.54) is 4.31 Å². The van der Waals surface area contributed by atoms with Crippen molar-refractivity contribution >= 4 is 27.8 Å². The Morgan fingerprint density at radius 1 is 1.18 bits per heavy atom. The molecule has 1 aliphatic heterocycles. The molecular weight excluding hydrogens is 308 g/mol. The van der Waals surface area contributed by atoms with Crippen LogP contribution in [0.15, 0.2) is 39.7 Å². The van der Waals surface area contributed by atoms with Gasteiger partial charge in [0.2, 0.25) is 11.9 Å². The molecule has 0 radical (unpaired) electrons. The van der Waals surface area contributed by atoms with E-state index >= 15 is 0 Å². The van der Waals surface area contributed by atoms with Crippen LogP contribution in [0.25, 0.3) is 0 Å². The molecule has 120 valence electrons. The highest BCUT2D eigenvalue weighted by molar-refractivity contribution is 7.87. The van der Waals surface area contributed by atoms with E-state index in [2.05, 4.69) is 14.7 Å². The van der Waals surface area contributed by atoms with Gasteiger partial charge in [0, 0.05) is 18.8 Å². The summed E-state index contributed by atoms with van der Waals surface area (Å²) in [7, 11) is -3.88. The quantitative estimate of drug-likeness (QED) is 0.497. The minimum absolute atomic E-state index is 0.0513. The lowest BCUT2D eigenvalue weighted by Crippen LogP contribution is -2.40. The molecule has 0 atom stereocenters. The van der Waals surface area contributed by atoms with Crippen molar-refractivity contribution in [1.82, 2.24) is 4.31 Å². The van der Waals surface area contributed by atoms with Crippen LogP contribution in [0, 0.1) is 0 Å². The van der Waals surface area contributed by atoms with Crippen LogP contribution in [0.4, 0.5) is 5.69 Å². The largest absolute Gasteiger partial charge is 0.379 e. The average molecular weight is 326 g/mol. The number of ether oxygens (including phenoxy) is 1. The highest BCUT2D eigenvalue weighted by Gasteiger charge is 2.23. The van der Waals surface area contributed by atoms with Gasteiger partial charge in [-0.3, -0.25) is 0 Å². The van der Waals surface area contributed by atoms with Crippen molar-refractivity contribution in [3.63, 3.8) is 0 Å². The van der Waals surface area contributed by atoms with Crippen LogP contribution in [-0.4, -0.2) is 50.9 Å². The van der Waals surface area contributed by atoms with Crippen molar-refractivity contribution in [3.8, 4) is 0 Å². The van der Waals surface area contributed by atoms with E-state index in [1.807, 2.05) is 18.2 Å². The van der Waals surface area contributed by atoms with E-state index in [-0.39, 0.29) is 19.0 Å². The van der Waals surface area contributed by atoms with Gasteiger partial charge in [0.1, 0.15) is 0 Å². The van der Waals surface area contributed by atoms with Crippen LogP contribution in [0.3, 0.4) is 0 Å². The summed E-state index contributed by atoms with van der Waals surface area (Å²) in [5.41, 5.74) is 11.9. The van der Waals surface area contributed by atoms with Crippen LogP contribution in [0.2, 0.25) is 0 Å². The standard InChI is InChI=1S/C12H18N6O3S/c13-11(15-10-4-2-1-3-5-10)16-12(14)17-22(19,20)18-6-8-21-9-7-18/h1-5H,6-9H2,(H5,13,14,15,16,17). The molecule has 22 heavy (non-hydrogen) atoms. The smallest absolute Gasteiger partial charge is 0.325 e. The Bertz CT molecular complexity index is 653. The van der Waals surface area contributed by atoms with Crippen LogP contribution in [0.5, 0.6) is 0 Å². The zero-order valence-electron chi connectivity index (χ0n) is 11.8. The summed E-state index contributed by atoms with van der Waals surface area (Å²) < 4.78 is 33.7. The highest BCUT2D eigenvalue weighted by Crippen LogP contribution is 2.07. The maximum atomic E-state index is 12.0. The monoisotopic (exact) mass is 326 g/mol. The number of anilines is 1. The summed E-state index contributed by atoms with van der Waals surface area (Å²) in [6, 6.07) is 9.04. The van der Waals surface area contributed by atoms with Crippen LogP contribution in [0.1, 0.15) is 0 Å². The highest BCUT2D eigenvalue weighted by atomic mass is 32.2. The Kier molecular flexibility index (Phi) is 5.31. The van der Waals surface area contributed by atoms with Crippen LogP contribution < -0.4 is 16.8 Å². The molecule has 0 aromatic heterocycles. The Balaban J connectivity index is 2.05. The van der Waals surface area contributed by atoms with Crippen molar-refractivity contribution < 1.29 is 13.2 Å². The molecule has 0 aliphatic carbocycles. The number of benzene rings is 1. The summed E-state index contributed by atoms with van der Waals surface area (Å²) >= 11 is 0. The number of rotatable bonds is 3. The first-order valence-electron chi connectivity index (χ1n) is 6.57. The normalized spacial score (nSPS) is 18.2.